The van der Waals surface area contributed by atoms with Crippen molar-refractivity contribution in [2.75, 3.05) is 0 Å². The average Bonchev–Trinajstić information content (AvgIpc) is 3.02. The number of hydrogen-bond donors (Lipinski definition) is 1. The minimum Gasteiger partial charge on any atom is -0.338 e. The van der Waals surface area contributed by atoms with Crippen LogP contribution in [-0.4, -0.2) is 21.4 Å². The zero-order valence-corrected chi connectivity index (χ0v) is 12.6. The highest BCUT2D eigenvalue weighted by molar-refractivity contribution is 7.99. The molecule has 3 atom stereocenters. The first-order valence-electron chi connectivity index (χ1n) is 7.42. The van der Waals surface area contributed by atoms with Crippen LogP contribution >= 0.6 is 11.8 Å². The van der Waals surface area contributed by atoms with E-state index < -0.39 is 0 Å². The van der Waals surface area contributed by atoms with Gasteiger partial charge in [-0.25, -0.2) is 0 Å². The third kappa shape index (κ3) is 3.14. The first-order valence-corrected chi connectivity index (χ1v) is 8.47. The van der Waals surface area contributed by atoms with E-state index in [1.54, 1.807) is 0 Å². The molecular weight excluding hydrogens is 258 g/mol. The number of fused-ring (bicyclic) bond motifs is 1. The molecule has 2 heterocycles. The molecule has 1 aromatic heterocycles. The predicted octanol–water partition coefficient (Wildman–Crippen LogP) is 3.30. The standard InChI is InChI=1S/C14H23N3OS/c1-9(2)19-8-13-16-14(18-17-13)12-7-10-5-3-4-6-11(10)15-12/h9-12,15H,3-8H2,1-2H3. The molecule has 3 unspecified atom stereocenters. The van der Waals surface area contributed by atoms with E-state index in [1.807, 2.05) is 11.8 Å². The second kappa shape index (κ2) is 5.83. The first-order chi connectivity index (χ1) is 9.22. The second-order valence-electron chi connectivity index (χ2n) is 6.01. The summed E-state index contributed by atoms with van der Waals surface area (Å²) in [6, 6.07) is 0.970. The van der Waals surface area contributed by atoms with E-state index in [0.717, 1.165) is 23.4 Å². The number of rotatable bonds is 4. The lowest BCUT2D eigenvalue weighted by Gasteiger charge is -2.24. The Morgan fingerprint density at radius 1 is 1.37 bits per heavy atom. The lowest BCUT2D eigenvalue weighted by molar-refractivity contribution is 0.324. The molecule has 19 heavy (non-hydrogen) atoms. The summed E-state index contributed by atoms with van der Waals surface area (Å²) in [4.78, 5) is 4.56. The van der Waals surface area contributed by atoms with Gasteiger partial charge in [-0.1, -0.05) is 31.8 Å². The van der Waals surface area contributed by atoms with Crippen LogP contribution in [0.3, 0.4) is 0 Å². The molecule has 4 nitrogen and oxygen atoms in total. The topological polar surface area (TPSA) is 51.0 Å². The monoisotopic (exact) mass is 281 g/mol. The molecule has 0 spiro atoms. The molecule has 0 amide bonds. The van der Waals surface area contributed by atoms with Crippen molar-refractivity contribution >= 4 is 11.8 Å². The van der Waals surface area contributed by atoms with Crippen LogP contribution in [0.15, 0.2) is 4.52 Å². The molecule has 0 radical (unpaired) electrons. The van der Waals surface area contributed by atoms with Gasteiger partial charge in [-0.2, -0.15) is 16.7 Å². The largest absolute Gasteiger partial charge is 0.338 e. The van der Waals surface area contributed by atoms with Gasteiger partial charge >= 0.3 is 0 Å². The molecule has 2 fully saturated rings. The molecule has 1 aliphatic carbocycles. The highest BCUT2D eigenvalue weighted by atomic mass is 32.2. The molecule has 1 saturated heterocycles. The van der Waals surface area contributed by atoms with Crippen LogP contribution in [0, 0.1) is 5.92 Å². The molecule has 106 valence electrons. The Morgan fingerprint density at radius 3 is 3.00 bits per heavy atom. The number of nitrogens with zero attached hydrogens (tertiary/aromatic N) is 2. The lowest BCUT2D eigenvalue weighted by Crippen LogP contribution is -2.30. The highest BCUT2D eigenvalue weighted by Gasteiger charge is 2.38. The van der Waals surface area contributed by atoms with Gasteiger partial charge in [-0.15, -0.1) is 0 Å². The van der Waals surface area contributed by atoms with E-state index in [0.29, 0.717) is 17.3 Å². The molecule has 1 aromatic rings. The van der Waals surface area contributed by atoms with Crippen LogP contribution in [0.4, 0.5) is 0 Å². The van der Waals surface area contributed by atoms with Crippen LogP contribution < -0.4 is 5.32 Å². The molecule has 0 aromatic carbocycles. The third-order valence-electron chi connectivity index (χ3n) is 4.19. The van der Waals surface area contributed by atoms with Crippen molar-refractivity contribution in [3.8, 4) is 0 Å². The fraction of sp³-hybridized carbons (Fsp3) is 0.857. The molecule has 1 aliphatic heterocycles. The summed E-state index contributed by atoms with van der Waals surface area (Å²) in [6.07, 6.45) is 6.59. The first kappa shape index (κ1) is 13.4. The fourth-order valence-corrected chi connectivity index (χ4v) is 3.82. The van der Waals surface area contributed by atoms with Gasteiger partial charge in [-0.05, 0) is 30.4 Å². The van der Waals surface area contributed by atoms with Crippen molar-refractivity contribution in [2.45, 2.75) is 69.0 Å². The van der Waals surface area contributed by atoms with Crippen LogP contribution in [0.5, 0.6) is 0 Å². The van der Waals surface area contributed by atoms with Crippen LogP contribution in [0.1, 0.15) is 63.7 Å². The fourth-order valence-electron chi connectivity index (χ4n) is 3.22. The zero-order valence-electron chi connectivity index (χ0n) is 11.8. The Morgan fingerprint density at radius 2 is 2.21 bits per heavy atom. The summed E-state index contributed by atoms with van der Waals surface area (Å²) >= 11 is 1.85. The molecule has 2 aliphatic rings. The molecule has 0 bridgehead atoms. The quantitative estimate of drug-likeness (QED) is 0.917. The Labute approximate surface area is 119 Å². The highest BCUT2D eigenvalue weighted by Crippen LogP contribution is 2.38. The van der Waals surface area contributed by atoms with Gasteiger partial charge in [0.15, 0.2) is 5.82 Å². The molecule has 1 saturated carbocycles. The Bertz CT molecular complexity index is 407. The predicted molar refractivity (Wildman–Crippen MR) is 77.0 cm³/mol. The summed E-state index contributed by atoms with van der Waals surface area (Å²) < 4.78 is 5.45. The van der Waals surface area contributed by atoms with Crippen molar-refractivity contribution < 1.29 is 4.52 Å². The average molecular weight is 281 g/mol. The van der Waals surface area contributed by atoms with Crippen molar-refractivity contribution in [1.29, 1.82) is 0 Å². The van der Waals surface area contributed by atoms with Gasteiger partial charge in [0.1, 0.15) is 0 Å². The third-order valence-corrected chi connectivity index (χ3v) is 5.28. The Hall–Kier alpha value is -0.550. The van der Waals surface area contributed by atoms with Gasteiger partial charge in [-0.3, -0.25) is 0 Å². The molecule has 3 rings (SSSR count). The van der Waals surface area contributed by atoms with E-state index in [2.05, 4.69) is 29.3 Å². The normalized spacial score (nSPS) is 30.8. The summed E-state index contributed by atoms with van der Waals surface area (Å²) in [5, 5.41) is 8.39. The van der Waals surface area contributed by atoms with Crippen molar-refractivity contribution in [2.24, 2.45) is 5.92 Å². The smallest absolute Gasteiger partial charge is 0.243 e. The van der Waals surface area contributed by atoms with Crippen molar-refractivity contribution in [3.05, 3.63) is 11.7 Å². The summed E-state index contributed by atoms with van der Waals surface area (Å²) in [6.45, 7) is 4.38. The van der Waals surface area contributed by atoms with Crippen LogP contribution in [-0.2, 0) is 5.75 Å². The number of thioether (sulfide) groups is 1. The summed E-state index contributed by atoms with van der Waals surface area (Å²) in [7, 11) is 0. The van der Waals surface area contributed by atoms with Gasteiger partial charge in [0.25, 0.3) is 0 Å². The SMILES string of the molecule is CC(C)SCc1noc(C2CC3CCCCC3N2)n1. The number of hydrogen-bond acceptors (Lipinski definition) is 5. The Kier molecular flexibility index (Phi) is 4.12. The van der Waals surface area contributed by atoms with Gasteiger partial charge in [0.2, 0.25) is 5.89 Å². The Balaban J connectivity index is 1.60. The number of nitrogens with one attached hydrogen (secondary N) is 1. The molecular formula is C14H23N3OS. The maximum atomic E-state index is 5.45. The van der Waals surface area contributed by atoms with E-state index in [9.17, 15) is 0 Å². The van der Waals surface area contributed by atoms with E-state index in [-0.39, 0.29) is 0 Å². The minimum atomic E-state index is 0.290. The summed E-state index contributed by atoms with van der Waals surface area (Å²) in [5.74, 6) is 3.30. The molecule has 5 heteroatoms. The zero-order chi connectivity index (χ0) is 13.2. The van der Waals surface area contributed by atoms with E-state index in [4.69, 9.17) is 4.52 Å². The van der Waals surface area contributed by atoms with Gasteiger partial charge in [0.05, 0.1) is 11.8 Å². The van der Waals surface area contributed by atoms with Gasteiger partial charge in [0, 0.05) is 6.04 Å². The second-order valence-corrected chi connectivity index (χ2v) is 7.58. The van der Waals surface area contributed by atoms with E-state index in [1.165, 1.54) is 32.1 Å². The lowest BCUT2D eigenvalue weighted by atomic mass is 9.85. The van der Waals surface area contributed by atoms with Gasteiger partial charge < -0.3 is 9.84 Å². The van der Waals surface area contributed by atoms with Crippen LogP contribution in [0.25, 0.3) is 0 Å². The maximum Gasteiger partial charge on any atom is 0.243 e. The van der Waals surface area contributed by atoms with Crippen molar-refractivity contribution in [3.63, 3.8) is 0 Å². The van der Waals surface area contributed by atoms with E-state index >= 15 is 0 Å². The summed E-state index contributed by atoms with van der Waals surface area (Å²) in [5.41, 5.74) is 0. The van der Waals surface area contributed by atoms with Crippen molar-refractivity contribution in [1.82, 2.24) is 15.5 Å². The minimum absolute atomic E-state index is 0.290. The number of aromatic nitrogens is 2. The van der Waals surface area contributed by atoms with Crippen LogP contribution in [0.2, 0.25) is 0 Å². The molecule has 1 N–H and O–H groups in total. The maximum absolute atomic E-state index is 5.45.